The van der Waals surface area contributed by atoms with E-state index in [-0.39, 0.29) is 12.5 Å². The molecule has 0 unspecified atom stereocenters. The van der Waals surface area contributed by atoms with Crippen LogP contribution in [0.3, 0.4) is 0 Å². The zero-order chi connectivity index (χ0) is 26.1. The maximum atomic E-state index is 14.5. The minimum atomic E-state index is -0.408. The minimum absolute atomic E-state index is 0.0446. The first-order chi connectivity index (χ1) is 18.5. The van der Waals surface area contributed by atoms with Gasteiger partial charge in [-0.2, -0.15) is 0 Å². The van der Waals surface area contributed by atoms with Crippen LogP contribution in [0.1, 0.15) is 27.2 Å². The number of aromatic amines is 1. The Kier molecular flexibility index (Phi) is 6.66. The van der Waals surface area contributed by atoms with Crippen LogP contribution in [-0.4, -0.2) is 47.2 Å². The normalized spacial score (nSPS) is 13.8. The molecule has 4 heterocycles. The lowest BCUT2D eigenvalue weighted by Crippen LogP contribution is -2.36. The molecule has 9 heteroatoms. The molecule has 3 aromatic heterocycles. The predicted molar refractivity (Wildman–Crippen MR) is 146 cm³/mol. The van der Waals surface area contributed by atoms with E-state index in [0.29, 0.717) is 33.5 Å². The summed E-state index contributed by atoms with van der Waals surface area (Å²) in [5.41, 5.74) is 5.30. The number of benzene rings is 2. The topological polar surface area (TPSA) is 83.1 Å². The number of ether oxygens (including phenoxy) is 1. The fourth-order valence-corrected chi connectivity index (χ4v) is 4.98. The molecule has 1 aliphatic rings. The van der Waals surface area contributed by atoms with Crippen LogP contribution in [0.15, 0.2) is 67.1 Å². The standard InChI is InChI=1S/C29H25ClFN5O2/c30-25-17-34-28-14-26(31)21(13-24(25)28)15-35-29(37)19-3-4-32-22(11-19)10-18-1-2-27-20(9-18)12-23(16-33-27)36-5-7-38-8-6-36/h1-4,9,11-14,16-17,34H,5-8,10,15H2,(H,35,37). The molecule has 0 spiro atoms. The molecular formula is C29H25ClFN5O2. The molecule has 1 aliphatic heterocycles. The van der Waals surface area contributed by atoms with Gasteiger partial charge in [-0.05, 0) is 48.0 Å². The molecule has 0 radical (unpaired) electrons. The molecular weight excluding hydrogens is 505 g/mol. The lowest BCUT2D eigenvalue weighted by molar-refractivity contribution is 0.0950. The van der Waals surface area contributed by atoms with Crippen molar-refractivity contribution in [1.29, 1.82) is 0 Å². The van der Waals surface area contributed by atoms with Gasteiger partial charge in [0.05, 0.1) is 35.6 Å². The highest BCUT2D eigenvalue weighted by atomic mass is 35.5. The van der Waals surface area contributed by atoms with E-state index in [4.69, 9.17) is 16.3 Å². The summed E-state index contributed by atoms with van der Waals surface area (Å²) in [5.74, 6) is -0.708. The van der Waals surface area contributed by atoms with Gasteiger partial charge in [0.1, 0.15) is 5.82 Å². The highest BCUT2D eigenvalue weighted by Crippen LogP contribution is 2.26. The van der Waals surface area contributed by atoms with Crippen LogP contribution in [0.25, 0.3) is 21.8 Å². The van der Waals surface area contributed by atoms with Gasteiger partial charge in [0.25, 0.3) is 5.91 Å². The van der Waals surface area contributed by atoms with E-state index in [9.17, 15) is 9.18 Å². The van der Waals surface area contributed by atoms with E-state index in [1.54, 1.807) is 30.6 Å². The number of hydrogen-bond donors (Lipinski definition) is 2. The first-order valence-corrected chi connectivity index (χ1v) is 12.8. The fraction of sp³-hybridized carbons (Fsp3) is 0.207. The molecule has 2 aromatic carbocycles. The monoisotopic (exact) mass is 529 g/mol. The molecule has 0 atom stereocenters. The number of nitrogens with one attached hydrogen (secondary N) is 2. The molecule has 5 aromatic rings. The van der Waals surface area contributed by atoms with Crippen LogP contribution >= 0.6 is 11.6 Å². The molecule has 2 N–H and O–H groups in total. The molecule has 38 heavy (non-hydrogen) atoms. The molecule has 1 amide bonds. The molecule has 0 bridgehead atoms. The van der Waals surface area contributed by atoms with E-state index in [1.807, 2.05) is 18.3 Å². The number of pyridine rings is 2. The average Bonchev–Trinajstić information content (AvgIpc) is 3.30. The molecule has 7 nitrogen and oxygen atoms in total. The number of H-pyrrole nitrogens is 1. The van der Waals surface area contributed by atoms with Crippen molar-refractivity contribution in [2.24, 2.45) is 0 Å². The SMILES string of the molecule is O=C(NCc1cc2c(Cl)c[nH]c2cc1F)c1ccnc(Cc2ccc3ncc(N4CCOCC4)cc3c2)c1. The Hall–Kier alpha value is -4.01. The minimum Gasteiger partial charge on any atom is -0.378 e. The molecule has 1 saturated heterocycles. The van der Waals surface area contributed by atoms with Crippen LogP contribution in [0, 0.1) is 5.82 Å². The Morgan fingerprint density at radius 2 is 1.97 bits per heavy atom. The maximum absolute atomic E-state index is 14.5. The van der Waals surface area contributed by atoms with Gasteiger partial charge in [0.2, 0.25) is 0 Å². The highest BCUT2D eigenvalue weighted by Gasteiger charge is 2.14. The third kappa shape index (κ3) is 5.05. The van der Waals surface area contributed by atoms with Gasteiger partial charge in [-0.25, -0.2) is 4.39 Å². The molecule has 0 saturated carbocycles. The van der Waals surface area contributed by atoms with Crippen molar-refractivity contribution in [2.75, 3.05) is 31.2 Å². The van der Waals surface area contributed by atoms with Crippen molar-refractivity contribution in [3.8, 4) is 0 Å². The number of nitrogens with zero attached hydrogens (tertiary/aromatic N) is 3. The third-order valence-electron chi connectivity index (χ3n) is 6.81. The van der Waals surface area contributed by atoms with Crippen molar-refractivity contribution >= 4 is 45.0 Å². The Balaban J connectivity index is 1.16. The summed E-state index contributed by atoms with van der Waals surface area (Å²) < 4.78 is 20.0. The summed E-state index contributed by atoms with van der Waals surface area (Å²) in [7, 11) is 0. The Morgan fingerprint density at radius 1 is 1.11 bits per heavy atom. The van der Waals surface area contributed by atoms with Crippen LogP contribution < -0.4 is 10.2 Å². The quantitative estimate of drug-likeness (QED) is 0.313. The number of hydrogen-bond acceptors (Lipinski definition) is 5. The van der Waals surface area contributed by atoms with E-state index < -0.39 is 5.82 Å². The lowest BCUT2D eigenvalue weighted by Gasteiger charge is -2.28. The molecule has 192 valence electrons. The number of morpholine rings is 1. The molecule has 1 fully saturated rings. The van der Waals surface area contributed by atoms with Crippen LogP contribution in [0.4, 0.5) is 10.1 Å². The van der Waals surface area contributed by atoms with Crippen LogP contribution in [-0.2, 0) is 17.7 Å². The number of aromatic nitrogens is 3. The average molecular weight is 530 g/mol. The highest BCUT2D eigenvalue weighted by molar-refractivity contribution is 6.35. The van der Waals surface area contributed by atoms with Gasteiger partial charge < -0.3 is 19.9 Å². The van der Waals surface area contributed by atoms with Gasteiger partial charge >= 0.3 is 0 Å². The van der Waals surface area contributed by atoms with E-state index in [0.717, 1.165) is 54.2 Å². The number of amides is 1. The summed E-state index contributed by atoms with van der Waals surface area (Å²) in [6.07, 6.45) is 5.71. The first-order valence-electron chi connectivity index (χ1n) is 12.4. The summed E-state index contributed by atoms with van der Waals surface area (Å²) in [6, 6.07) is 14.8. The van der Waals surface area contributed by atoms with Crippen LogP contribution in [0.2, 0.25) is 5.02 Å². The van der Waals surface area contributed by atoms with Crippen molar-refractivity contribution in [3.63, 3.8) is 0 Å². The predicted octanol–water partition coefficient (Wildman–Crippen LogP) is 5.26. The second-order valence-corrected chi connectivity index (χ2v) is 9.75. The van der Waals surface area contributed by atoms with Gasteiger partial charge in [0, 0.05) is 71.6 Å². The molecule has 0 aliphatic carbocycles. The number of fused-ring (bicyclic) bond motifs is 2. The number of anilines is 1. The Labute approximate surface area is 223 Å². The van der Waals surface area contributed by atoms with E-state index in [2.05, 4.69) is 37.3 Å². The second-order valence-electron chi connectivity index (χ2n) is 9.34. The van der Waals surface area contributed by atoms with Gasteiger partial charge in [-0.15, -0.1) is 0 Å². The van der Waals surface area contributed by atoms with Crippen molar-refractivity contribution < 1.29 is 13.9 Å². The molecule has 6 rings (SSSR count). The van der Waals surface area contributed by atoms with Crippen molar-refractivity contribution in [1.82, 2.24) is 20.3 Å². The summed E-state index contributed by atoms with van der Waals surface area (Å²) in [4.78, 5) is 27.2. The van der Waals surface area contributed by atoms with E-state index >= 15 is 0 Å². The Morgan fingerprint density at radius 3 is 2.84 bits per heavy atom. The van der Waals surface area contributed by atoms with Crippen molar-refractivity contribution in [3.05, 3.63) is 100 Å². The number of rotatable bonds is 6. The number of halogens is 2. The maximum Gasteiger partial charge on any atom is 0.251 e. The van der Waals surface area contributed by atoms with Crippen molar-refractivity contribution in [2.45, 2.75) is 13.0 Å². The summed E-state index contributed by atoms with van der Waals surface area (Å²) in [6.45, 7) is 3.20. The fourth-order valence-electron chi connectivity index (χ4n) is 4.77. The zero-order valence-electron chi connectivity index (χ0n) is 20.5. The third-order valence-corrected chi connectivity index (χ3v) is 7.12. The lowest BCUT2D eigenvalue weighted by atomic mass is 10.0. The Bertz CT molecular complexity index is 1650. The van der Waals surface area contributed by atoms with Gasteiger partial charge in [-0.1, -0.05) is 17.7 Å². The smallest absolute Gasteiger partial charge is 0.251 e. The van der Waals surface area contributed by atoms with Crippen LogP contribution in [0.5, 0.6) is 0 Å². The zero-order valence-corrected chi connectivity index (χ0v) is 21.3. The number of carbonyl (C=O) groups is 1. The largest absolute Gasteiger partial charge is 0.378 e. The number of carbonyl (C=O) groups excluding carboxylic acids is 1. The van der Waals surface area contributed by atoms with Gasteiger partial charge in [-0.3, -0.25) is 14.8 Å². The van der Waals surface area contributed by atoms with Gasteiger partial charge in [0.15, 0.2) is 0 Å². The summed E-state index contributed by atoms with van der Waals surface area (Å²) in [5, 5.41) is 5.08. The second kappa shape index (κ2) is 10.4. The summed E-state index contributed by atoms with van der Waals surface area (Å²) >= 11 is 6.16. The first kappa shape index (κ1) is 24.3. The van der Waals surface area contributed by atoms with E-state index in [1.165, 1.54) is 6.07 Å².